The summed E-state index contributed by atoms with van der Waals surface area (Å²) in [4.78, 5) is 8.15. The molecule has 0 amide bonds. The minimum Gasteiger partial charge on any atom is -0.303 e. The number of hydrogen-bond acceptors (Lipinski definition) is 3. The van der Waals surface area contributed by atoms with Crippen LogP contribution in [0.2, 0.25) is 0 Å². The van der Waals surface area contributed by atoms with Gasteiger partial charge in [0.25, 0.3) is 0 Å². The molecule has 1 unspecified atom stereocenters. The van der Waals surface area contributed by atoms with Crippen LogP contribution in [-0.2, 0) is 0 Å². The lowest BCUT2D eigenvalue weighted by Crippen LogP contribution is -2.62. The van der Waals surface area contributed by atoms with E-state index >= 15 is 0 Å². The van der Waals surface area contributed by atoms with E-state index in [1.54, 1.807) is 0 Å². The van der Waals surface area contributed by atoms with Gasteiger partial charge in [-0.3, -0.25) is 4.90 Å². The largest absolute Gasteiger partial charge is 0.303 e. The van der Waals surface area contributed by atoms with Gasteiger partial charge < -0.3 is 9.80 Å². The van der Waals surface area contributed by atoms with E-state index in [1.807, 2.05) is 0 Å². The fourth-order valence-electron chi connectivity index (χ4n) is 5.13. The molecule has 3 nitrogen and oxygen atoms in total. The van der Waals surface area contributed by atoms with Gasteiger partial charge in [-0.2, -0.15) is 0 Å². The van der Waals surface area contributed by atoms with Crippen LogP contribution in [0.15, 0.2) is 0 Å². The Kier molecular flexibility index (Phi) is 6.62. The third-order valence-electron chi connectivity index (χ3n) is 7.31. The van der Waals surface area contributed by atoms with Gasteiger partial charge in [0.2, 0.25) is 0 Å². The van der Waals surface area contributed by atoms with E-state index in [4.69, 9.17) is 0 Å². The molecule has 3 saturated heterocycles. The Morgan fingerprint density at radius 2 is 1.54 bits per heavy atom. The van der Waals surface area contributed by atoms with E-state index in [1.165, 1.54) is 97.3 Å². The summed E-state index contributed by atoms with van der Waals surface area (Å²) in [6.45, 7) is 17.9. The first-order valence-electron chi connectivity index (χ1n) is 10.8. The van der Waals surface area contributed by atoms with Crippen LogP contribution in [0.1, 0.15) is 65.7 Å². The molecule has 3 heteroatoms. The van der Waals surface area contributed by atoms with Crippen molar-refractivity contribution in [1.82, 2.24) is 14.7 Å². The molecule has 0 aromatic carbocycles. The van der Waals surface area contributed by atoms with E-state index in [0.717, 1.165) is 12.0 Å². The van der Waals surface area contributed by atoms with Crippen LogP contribution in [0.3, 0.4) is 0 Å². The molecule has 0 radical (unpaired) electrons. The predicted molar refractivity (Wildman–Crippen MR) is 104 cm³/mol. The first kappa shape index (κ1) is 18.7. The lowest BCUT2D eigenvalue weighted by atomic mass is 9.71. The summed E-state index contributed by atoms with van der Waals surface area (Å²) in [5, 5.41) is 0. The average Bonchev–Trinajstić information content (AvgIpc) is 2.59. The predicted octanol–water partition coefficient (Wildman–Crippen LogP) is 3.69. The van der Waals surface area contributed by atoms with Gasteiger partial charge in [0.1, 0.15) is 0 Å². The molecular weight excluding hydrogens is 294 g/mol. The molecule has 0 aromatic heterocycles. The van der Waals surface area contributed by atoms with Crippen molar-refractivity contribution in [2.75, 3.05) is 52.4 Å². The van der Waals surface area contributed by atoms with E-state index < -0.39 is 0 Å². The highest BCUT2D eigenvalue weighted by molar-refractivity contribution is 4.99. The summed E-state index contributed by atoms with van der Waals surface area (Å²) in [6.07, 6.45) is 9.87. The maximum absolute atomic E-state index is 2.77. The van der Waals surface area contributed by atoms with Crippen molar-refractivity contribution in [2.45, 2.75) is 71.8 Å². The van der Waals surface area contributed by atoms with Gasteiger partial charge in [0.05, 0.1) is 0 Å². The number of piperidine rings is 2. The number of likely N-dealkylation sites (tertiary alicyclic amines) is 3. The zero-order valence-electron chi connectivity index (χ0n) is 16.6. The molecule has 140 valence electrons. The standard InChI is InChI=1S/C21H41N3/c1-4-11-22-12-6-20(7-13-22)8-14-23-15-9-21(10-16-23)17-24(18-21)19(3)5-2/h19-20H,4-18H2,1-3H3. The molecule has 3 rings (SSSR count). The molecule has 24 heavy (non-hydrogen) atoms. The Bertz CT molecular complexity index is 359. The molecule has 3 aliphatic heterocycles. The van der Waals surface area contributed by atoms with Crippen LogP contribution >= 0.6 is 0 Å². The Balaban J connectivity index is 1.30. The quantitative estimate of drug-likeness (QED) is 0.702. The fourth-order valence-corrected chi connectivity index (χ4v) is 5.13. The van der Waals surface area contributed by atoms with Gasteiger partial charge >= 0.3 is 0 Å². The summed E-state index contributed by atoms with van der Waals surface area (Å²) in [5.74, 6) is 0.999. The Labute approximate surface area is 150 Å². The second-order valence-corrected chi connectivity index (χ2v) is 9.08. The van der Waals surface area contributed by atoms with Crippen LogP contribution in [0.5, 0.6) is 0 Å². The SMILES string of the molecule is CCCN1CCC(CCN2CCC3(CC2)CN(C(C)CC)C3)CC1. The average molecular weight is 336 g/mol. The van der Waals surface area contributed by atoms with Crippen molar-refractivity contribution in [3.8, 4) is 0 Å². The molecule has 0 aromatic rings. The van der Waals surface area contributed by atoms with Gasteiger partial charge in [-0.15, -0.1) is 0 Å². The molecule has 3 aliphatic rings. The molecule has 3 heterocycles. The highest BCUT2D eigenvalue weighted by Crippen LogP contribution is 2.41. The van der Waals surface area contributed by atoms with Crippen molar-refractivity contribution in [1.29, 1.82) is 0 Å². The second kappa shape index (κ2) is 8.51. The van der Waals surface area contributed by atoms with Crippen LogP contribution in [0, 0.1) is 11.3 Å². The first-order chi connectivity index (χ1) is 11.6. The van der Waals surface area contributed by atoms with Crippen LogP contribution < -0.4 is 0 Å². The highest BCUT2D eigenvalue weighted by Gasteiger charge is 2.45. The molecular formula is C21H41N3. The zero-order chi connectivity index (χ0) is 17.0. The van der Waals surface area contributed by atoms with Crippen molar-refractivity contribution in [3.63, 3.8) is 0 Å². The van der Waals surface area contributed by atoms with Crippen LogP contribution in [-0.4, -0.2) is 73.1 Å². The Morgan fingerprint density at radius 3 is 2.12 bits per heavy atom. The van der Waals surface area contributed by atoms with E-state index in [-0.39, 0.29) is 0 Å². The lowest BCUT2D eigenvalue weighted by Gasteiger charge is -2.56. The van der Waals surface area contributed by atoms with E-state index in [2.05, 4.69) is 35.5 Å². The minimum absolute atomic E-state index is 0.700. The Hall–Kier alpha value is -0.120. The fraction of sp³-hybridized carbons (Fsp3) is 1.00. The second-order valence-electron chi connectivity index (χ2n) is 9.08. The number of rotatable bonds is 7. The molecule has 0 bridgehead atoms. The van der Waals surface area contributed by atoms with E-state index in [9.17, 15) is 0 Å². The maximum Gasteiger partial charge on any atom is 0.00647 e. The molecule has 0 N–H and O–H groups in total. The summed E-state index contributed by atoms with van der Waals surface area (Å²) < 4.78 is 0. The minimum atomic E-state index is 0.700. The monoisotopic (exact) mass is 335 g/mol. The number of hydrogen-bond donors (Lipinski definition) is 0. The van der Waals surface area contributed by atoms with Crippen LogP contribution in [0.25, 0.3) is 0 Å². The highest BCUT2D eigenvalue weighted by atomic mass is 15.2. The van der Waals surface area contributed by atoms with Gasteiger partial charge in [-0.1, -0.05) is 13.8 Å². The van der Waals surface area contributed by atoms with E-state index in [0.29, 0.717) is 5.41 Å². The first-order valence-corrected chi connectivity index (χ1v) is 10.8. The Morgan fingerprint density at radius 1 is 0.917 bits per heavy atom. The van der Waals surface area contributed by atoms with Gasteiger partial charge in [0.15, 0.2) is 0 Å². The summed E-state index contributed by atoms with van der Waals surface area (Å²) in [5.41, 5.74) is 0.700. The molecule has 0 saturated carbocycles. The summed E-state index contributed by atoms with van der Waals surface area (Å²) in [7, 11) is 0. The van der Waals surface area contributed by atoms with Crippen molar-refractivity contribution in [2.24, 2.45) is 11.3 Å². The van der Waals surface area contributed by atoms with Crippen LogP contribution in [0.4, 0.5) is 0 Å². The third kappa shape index (κ3) is 4.53. The molecule has 1 atom stereocenters. The third-order valence-corrected chi connectivity index (χ3v) is 7.31. The van der Waals surface area contributed by atoms with Crippen molar-refractivity contribution < 1.29 is 0 Å². The maximum atomic E-state index is 2.77. The number of nitrogens with zero attached hydrogens (tertiary/aromatic N) is 3. The lowest BCUT2D eigenvalue weighted by molar-refractivity contribution is -0.0668. The molecule has 1 spiro atoms. The van der Waals surface area contributed by atoms with Crippen molar-refractivity contribution in [3.05, 3.63) is 0 Å². The van der Waals surface area contributed by atoms with Gasteiger partial charge in [-0.05, 0) is 102 Å². The normalized spacial score (nSPS) is 28.1. The summed E-state index contributed by atoms with van der Waals surface area (Å²) >= 11 is 0. The summed E-state index contributed by atoms with van der Waals surface area (Å²) in [6, 6.07) is 0.798. The van der Waals surface area contributed by atoms with Gasteiger partial charge in [0, 0.05) is 19.1 Å². The molecule has 0 aliphatic carbocycles. The molecule has 3 fully saturated rings. The topological polar surface area (TPSA) is 9.72 Å². The zero-order valence-corrected chi connectivity index (χ0v) is 16.6. The van der Waals surface area contributed by atoms with Crippen molar-refractivity contribution >= 4 is 0 Å². The smallest absolute Gasteiger partial charge is 0.00647 e. The van der Waals surface area contributed by atoms with Gasteiger partial charge in [-0.25, -0.2) is 0 Å².